The smallest absolute Gasteiger partial charge is 0.305 e. The second-order valence-electron chi connectivity index (χ2n) is 10.5. The average Bonchev–Trinajstić information content (AvgIpc) is 2.74. The van der Waals surface area contributed by atoms with E-state index >= 15 is 0 Å². The molecule has 0 aromatic heterocycles. The molecule has 0 aromatic carbocycles. The Hall–Kier alpha value is -1.59. The van der Waals surface area contributed by atoms with Gasteiger partial charge >= 0.3 is 17.9 Å². The summed E-state index contributed by atoms with van der Waals surface area (Å²) in [6.07, 6.45) is 16.0. The molecule has 33 heavy (non-hydrogen) atoms. The predicted octanol–water partition coefficient (Wildman–Crippen LogP) is 6.53. The molecule has 0 amide bonds. The molecule has 2 unspecified atom stereocenters. The van der Waals surface area contributed by atoms with Gasteiger partial charge in [0.05, 0.1) is 0 Å². The molecule has 0 spiro atoms. The first kappa shape index (κ1) is 29.4. The lowest BCUT2D eigenvalue weighted by Crippen LogP contribution is -2.37. The largest absolute Gasteiger partial charge is 0.462 e. The third-order valence-electron chi connectivity index (χ3n) is 6.50. The highest BCUT2D eigenvalue weighted by Crippen LogP contribution is 2.39. The summed E-state index contributed by atoms with van der Waals surface area (Å²) < 4.78 is 15.4. The molecule has 6 heteroatoms. The van der Waals surface area contributed by atoms with Crippen molar-refractivity contribution in [3.05, 3.63) is 0 Å². The fraction of sp³-hybridized carbons (Fsp3) is 0.889. The maximum atomic E-state index is 11.3. The van der Waals surface area contributed by atoms with E-state index in [0.717, 1.165) is 32.1 Å². The molecule has 2 rings (SSSR count). The van der Waals surface area contributed by atoms with Crippen molar-refractivity contribution in [3.63, 3.8) is 0 Å². The molecule has 6 nitrogen and oxygen atoms in total. The molecule has 1 aliphatic heterocycles. The second kappa shape index (κ2) is 16.9. The number of cyclic esters (lactones) is 2. The van der Waals surface area contributed by atoms with Crippen molar-refractivity contribution in [2.75, 3.05) is 13.2 Å². The van der Waals surface area contributed by atoms with Crippen LogP contribution in [0.15, 0.2) is 0 Å². The minimum atomic E-state index is -0.180. The van der Waals surface area contributed by atoms with Crippen molar-refractivity contribution in [2.45, 2.75) is 130 Å². The monoisotopic (exact) mass is 468 g/mol. The lowest BCUT2D eigenvalue weighted by molar-refractivity contribution is -0.153. The van der Waals surface area contributed by atoms with E-state index in [1.165, 1.54) is 58.3 Å². The van der Waals surface area contributed by atoms with Crippen LogP contribution in [-0.4, -0.2) is 37.2 Å². The Bertz CT molecular complexity index is 539. The topological polar surface area (TPSA) is 78.9 Å². The van der Waals surface area contributed by atoms with Crippen LogP contribution in [0.1, 0.15) is 124 Å². The third-order valence-corrected chi connectivity index (χ3v) is 6.50. The van der Waals surface area contributed by atoms with Gasteiger partial charge in [-0.2, -0.15) is 0 Å². The molecule has 0 radical (unpaired) electrons. The SMILES string of the molecule is CC(=O)OC1CCCCC1C(C)(C)C.O=C1CCCCCCCCCCCC(=O)OCCO1. The average molecular weight is 469 g/mol. The lowest BCUT2D eigenvalue weighted by atomic mass is 9.71. The number of ether oxygens (including phenoxy) is 3. The maximum absolute atomic E-state index is 11.3. The molecule has 192 valence electrons. The van der Waals surface area contributed by atoms with Crippen molar-refractivity contribution >= 4 is 17.9 Å². The molecular formula is C27H48O6. The van der Waals surface area contributed by atoms with Crippen LogP contribution in [0.4, 0.5) is 0 Å². The Labute approximate surface area is 201 Å². The van der Waals surface area contributed by atoms with Crippen LogP contribution in [0.25, 0.3) is 0 Å². The van der Waals surface area contributed by atoms with Crippen molar-refractivity contribution in [1.29, 1.82) is 0 Å². The fourth-order valence-electron chi connectivity index (χ4n) is 4.67. The molecular weight excluding hydrogens is 420 g/mol. The third kappa shape index (κ3) is 15.0. The molecule has 1 heterocycles. The van der Waals surface area contributed by atoms with E-state index in [1.54, 1.807) is 0 Å². The fourth-order valence-corrected chi connectivity index (χ4v) is 4.67. The zero-order valence-electron chi connectivity index (χ0n) is 21.6. The Morgan fingerprint density at radius 3 is 1.58 bits per heavy atom. The number of carbonyl (C=O) groups is 3. The molecule has 0 N–H and O–H groups in total. The molecule has 2 atom stereocenters. The highest BCUT2D eigenvalue weighted by Gasteiger charge is 2.35. The van der Waals surface area contributed by atoms with Crippen molar-refractivity contribution in [2.24, 2.45) is 11.3 Å². The highest BCUT2D eigenvalue weighted by atomic mass is 16.6. The molecule has 1 saturated heterocycles. The minimum Gasteiger partial charge on any atom is -0.462 e. The predicted molar refractivity (Wildman–Crippen MR) is 130 cm³/mol. The van der Waals surface area contributed by atoms with E-state index in [1.807, 2.05) is 0 Å². The van der Waals surface area contributed by atoms with Gasteiger partial charge in [0, 0.05) is 25.7 Å². The van der Waals surface area contributed by atoms with Crippen LogP contribution in [-0.2, 0) is 28.6 Å². The lowest BCUT2D eigenvalue weighted by Gasteiger charge is -2.39. The summed E-state index contributed by atoms with van der Waals surface area (Å²) in [7, 11) is 0. The van der Waals surface area contributed by atoms with E-state index in [-0.39, 0.29) is 42.6 Å². The Balaban J connectivity index is 0.000000346. The van der Waals surface area contributed by atoms with E-state index in [4.69, 9.17) is 14.2 Å². The van der Waals surface area contributed by atoms with Crippen LogP contribution in [0.3, 0.4) is 0 Å². The summed E-state index contributed by atoms with van der Waals surface area (Å²) in [5.41, 5.74) is 0.251. The Morgan fingerprint density at radius 2 is 1.15 bits per heavy atom. The molecule has 0 aromatic rings. The number of carbonyl (C=O) groups excluding carboxylic acids is 3. The summed E-state index contributed by atoms with van der Waals surface area (Å²) in [4.78, 5) is 33.7. The van der Waals surface area contributed by atoms with E-state index in [9.17, 15) is 14.4 Å². The van der Waals surface area contributed by atoms with E-state index in [2.05, 4.69) is 20.8 Å². The molecule has 1 saturated carbocycles. The van der Waals surface area contributed by atoms with Gasteiger partial charge in [-0.15, -0.1) is 0 Å². The summed E-state index contributed by atoms with van der Waals surface area (Å²) in [5.74, 6) is 0.0343. The van der Waals surface area contributed by atoms with Crippen molar-refractivity contribution in [1.82, 2.24) is 0 Å². The highest BCUT2D eigenvalue weighted by molar-refractivity contribution is 5.70. The second-order valence-corrected chi connectivity index (χ2v) is 10.5. The van der Waals surface area contributed by atoms with Gasteiger partial charge in [0.1, 0.15) is 19.3 Å². The number of rotatable bonds is 1. The first-order valence-electron chi connectivity index (χ1n) is 13.2. The van der Waals surface area contributed by atoms with Crippen LogP contribution in [0.2, 0.25) is 0 Å². The molecule has 2 aliphatic rings. The van der Waals surface area contributed by atoms with Crippen LogP contribution in [0, 0.1) is 11.3 Å². The zero-order valence-corrected chi connectivity index (χ0v) is 21.6. The van der Waals surface area contributed by atoms with Gasteiger partial charge in [0.15, 0.2) is 0 Å². The standard InChI is InChI=1S/C15H26O4.C12H22O2/c16-14-10-8-6-4-2-1-3-5-7-9-11-15(17)19-13-12-18-14;1-9(13)14-11-8-6-5-7-10(11)12(2,3)4/h1-13H2;10-11H,5-8H2,1-4H3. The number of hydrogen-bond acceptors (Lipinski definition) is 6. The van der Waals surface area contributed by atoms with E-state index in [0.29, 0.717) is 18.8 Å². The Kier molecular flexibility index (Phi) is 15.1. The van der Waals surface area contributed by atoms with E-state index < -0.39 is 0 Å². The van der Waals surface area contributed by atoms with Gasteiger partial charge in [-0.25, -0.2) is 0 Å². The molecule has 1 aliphatic carbocycles. The summed E-state index contributed by atoms with van der Waals surface area (Å²) in [6, 6.07) is 0. The first-order chi connectivity index (χ1) is 15.7. The van der Waals surface area contributed by atoms with Gasteiger partial charge in [-0.3, -0.25) is 14.4 Å². The number of esters is 3. The number of hydrogen-bond donors (Lipinski definition) is 0. The zero-order chi connectivity index (χ0) is 24.5. The van der Waals surface area contributed by atoms with Gasteiger partial charge in [-0.05, 0) is 37.5 Å². The summed E-state index contributed by atoms with van der Waals surface area (Å²) >= 11 is 0. The molecule has 0 bridgehead atoms. The quantitative estimate of drug-likeness (QED) is 0.321. The van der Waals surface area contributed by atoms with Gasteiger partial charge in [0.2, 0.25) is 0 Å². The summed E-state index contributed by atoms with van der Waals surface area (Å²) in [6.45, 7) is 8.59. The molecule has 2 fully saturated rings. The van der Waals surface area contributed by atoms with Crippen LogP contribution >= 0.6 is 0 Å². The van der Waals surface area contributed by atoms with Gasteiger partial charge < -0.3 is 14.2 Å². The van der Waals surface area contributed by atoms with Crippen LogP contribution in [0.5, 0.6) is 0 Å². The van der Waals surface area contributed by atoms with Crippen LogP contribution < -0.4 is 0 Å². The van der Waals surface area contributed by atoms with Crippen molar-refractivity contribution in [3.8, 4) is 0 Å². The first-order valence-corrected chi connectivity index (χ1v) is 13.2. The Morgan fingerprint density at radius 1 is 0.727 bits per heavy atom. The van der Waals surface area contributed by atoms with Crippen molar-refractivity contribution < 1.29 is 28.6 Å². The maximum Gasteiger partial charge on any atom is 0.305 e. The normalized spacial score (nSPS) is 24.8. The van der Waals surface area contributed by atoms with Gasteiger partial charge in [-0.1, -0.05) is 72.1 Å². The summed E-state index contributed by atoms with van der Waals surface area (Å²) in [5, 5.41) is 0. The minimum absolute atomic E-state index is 0.133. The van der Waals surface area contributed by atoms with Gasteiger partial charge in [0.25, 0.3) is 0 Å².